The van der Waals surface area contributed by atoms with Gasteiger partial charge in [0.05, 0.1) is 12.7 Å². The Kier molecular flexibility index (Phi) is 2.45. The second-order valence-corrected chi connectivity index (χ2v) is 3.95. The zero-order valence-corrected chi connectivity index (χ0v) is 9.69. The molecule has 0 aliphatic carbocycles. The highest BCUT2D eigenvalue weighted by atomic mass is 15.3. The van der Waals surface area contributed by atoms with Crippen molar-refractivity contribution in [2.75, 3.05) is 12.3 Å². The molecule has 0 unspecified atom stereocenters. The van der Waals surface area contributed by atoms with Crippen molar-refractivity contribution in [3.8, 4) is 11.1 Å². The Bertz CT molecular complexity index is 682. The number of nitrogens with two attached hydrogens (primary N) is 2. The molecule has 0 aromatic carbocycles. The van der Waals surface area contributed by atoms with Gasteiger partial charge in [-0.2, -0.15) is 10.2 Å². The van der Waals surface area contributed by atoms with Crippen molar-refractivity contribution in [2.24, 2.45) is 5.73 Å². The predicted molar refractivity (Wildman–Crippen MR) is 67.7 cm³/mol. The average Bonchev–Trinajstić information content (AvgIpc) is 2.96. The molecule has 3 aromatic rings. The van der Waals surface area contributed by atoms with Crippen LogP contribution in [0.15, 0.2) is 31.0 Å². The highest BCUT2D eigenvalue weighted by Gasteiger charge is 2.11. The standard InChI is InChI=1S/C11H13N7/c12-2-4-17-6-8(5-15-17)9-1-3-18-10(9)11(13)14-7-16-18/h1,3,5-7H,2,4,12H2,(H2,13,14,16). The van der Waals surface area contributed by atoms with E-state index in [2.05, 4.69) is 15.2 Å². The zero-order chi connectivity index (χ0) is 12.5. The molecule has 0 saturated heterocycles. The minimum Gasteiger partial charge on any atom is -0.382 e. The highest BCUT2D eigenvalue weighted by molar-refractivity contribution is 5.86. The van der Waals surface area contributed by atoms with E-state index in [-0.39, 0.29) is 0 Å². The maximum atomic E-state index is 5.89. The number of anilines is 1. The van der Waals surface area contributed by atoms with Gasteiger partial charge in [0.2, 0.25) is 0 Å². The predicted octanol–water partition coefficient (Wildman–Crippen LogP) is 0.134. The summed E-state index contributed by atoms with van der Waals surface area (Å²) in [4.78, 5) is 4.01. The molecule has 7 nitrogen and oxygen atoms in total. The van der Waals surface area contributed by atoms with Gasteiger partial charge in [-0.15, -0.1) is 0 Å². The summed E-state index contributed by atoms with van der Waals surface area (Å²) in [5, 5.41) is 8.35. The van der Waals surface area contributed by atoms with Crippen molar-refractivity contribution < 1.29 is 0 Å². The monoisotopic (exact) mass is 243 g/mol. The van der Waals surface area contributed by atoms with E-state index in [1.807, 2.05) is 18.5 Å². The highest BCUT2D eigenvalue weighted by Crippen LogP contribution is 2.27. The molecule has 0 atom stereocenters. The van der Waals surface area contributed by atoms with Crippen LogP contribution in [-0.4, -0.2) is 30.9 Å². The normalized spacial score (nSPS) is 11.2. The second kappa shape index (κ2) is 4.11. The molecule has 92 valence electrons. The molecule has 3 aromatic heterocycles. The first-order valence-electron chi connectivity index (χ1n) is 5.60. The Morgan fingerprint density at radius 2 is 2.17 bits per heavy atom. The molecule has 0 radical (unpaired) electrons. The van der Waals surface area contributed by atoms with E-state index in [0.717, 1.165) is 16.6 Å². The second-order valence-electron chi connectivity index (χ2n) is 3.95. The molecule has 0 amide bonds. The molecule has 18 heavy (non-hydrogen) atoms. The van der Waals surface area contributed by atoms with E-state index >= 15 is 0 Å². The van der Waals surface area contributed by atoms with Gasteiger partial charge in [-0.1, -0.05) is 0 Å². The van der Waals surface area contributed by atoms with Gasteiger partial charge in [0.1, 0.15) is 11.8 Å². The minimum absolute atomic E-state index is 0.455. The van der Waals surface area contributed by atoms with Crippen LogP contribution in [0, 0.1) is 0 Å². The summed E-state index contributed by atoms with van der Waals surface area (Å²) in [6.45, 7) is 1.25. The topological polar surface area (TPSA) is 100 Å². The fourth-order valence-corrected chi connectivity index (χ4v) is 1.97. The molecule has 3 heterocycles. The van der Waals surface area contributed by atoms with Crippen LogP contribution < -0.4 is 11.5 Å². The van der Waals surface area contributed by atoms with E-state index in [0.29, 0.717) is 18.9 Å². The average molecular weight is 243 g/mol. The Hall–Kier alpha value is -2.41. The first kappa shape index (κ1) is 10.7. The molecule has 7 heteroatoms. The fourth-order valence-electron chi connectivity index (χ4n) is 1.97. The smallest absolute Gasteiger partial charge is 0.151 e. The van der Waals surface area contributed by atoms with Crippen molar-refractivity contribution >= 4 is 11.3 Å². The molecule has 0 spiro atoms. The number of fused-ring (bicyclic) bond motifs is 1. The maximum Gasteiger partial charge on any atom is 0.151 e. The van der Waals surface area contributed by atoms with Gasteiger partial charge in [0.25, 0.3) is 0 Å². The van der Waals surface area contributed by atoms with Gasteiger partial charge in [-0.05, 0) is 6.07 Å². The van der Waals surface area contributed by atoms with Crippen LogP contribution in [0.25, 0.3) is 16.6 Å². The first-order chi connectivity index (χ1) is 8.79. The summed E-state index contributed by atoms with van der Waals surface area (Å²) < 4.78 is 3.51. The Labute approximate surface area is 103 Å². The van der Waals surface area contributed by atoms with Gasteiger partial charge in [-0.3, -0.25) is 4.68 Å². The van der Waals surface area contributed by atoms with E-state index in [1.54, 1.807) is 15.4 Å². The van der Waals surface area contributed by atoms with Crippen molar-refractivity contribution in [3.05, 3.63) is 31.0 Å². The third-order valence-electron chi connectivity index (χ3n) is 2.78. The van der Waals surface area contributed by atoms with Gasteiger partial charge in [0.15, 0.2) is 5.82 Å². The number of hydrogen-bond donors (Lipinski definition) is 2. The molecule has 0 bridgehead atoms. The van der Waals surface area contributed by atoms with Crippen LogP contribution in [-0.2, 0) is 6.54 Å². The Morgan fingerprint density at radius 1 is 1.28 bits per heavy atom. The van der Waals surface area contributed by atoms with Crippen LogP contribution in [0.3, 0.4) is 0 Å². The van der Waals surface area contributed by atoms with Gasteiger partial charge < -0.3 is 11.5 Å². The molecular formula is C11H13N7. The van der Waals surface area contributed by atoms with E-state index < -0.39 is 0 Å². The van der Waals surface area contributed by atoms with E-state index in [4.69, 9.17) is 11.5 Å². The lowest BCUT2D eigenvalue weighted by molar-refractivity contribution is 0.625. The summed E-state index contributed by atoms with van der Waals surface area (Å²) in [5.41, 5.74) is 14.1. The minimum atomic E-state index is 0.455. The van der Waals surface area contributed by atoms with Crippen LogP contribution in [0.5, 0.6) is 0 Å². The molecular weight excluding hydrogens is 230 g/mol. The van der Waals surface area contributed by atoms with Crippen LogP contribution in [0.2, 0.25) is 0 Å². The number of hydrogen-bond acceptors (Lipinski definition) is 5. The summed E-state index contributed by atoms with van der Waals surface area (Å²) in [7, 11) is 0. The molecule has 0 aliphatic rings. The van der Waals surface area contributed by atoms with Crippen molar-refractivity contribution in [2.45, 2.75) is 6.54 Å². The lowest BCUT2D eigenvalue weighted by Crippen LogP contribution is -2.09. The van der Waals surface area contributed by atoms with Crippen molar-refractivity contribution in [1.82, 2.24) is 24.4 Å². The molecule has 0 fully saturated rings. The largest absolute Gasteiger partial charge is 0.382 e. The van der Waals surface area contributed by atoms with Crippen LogP contribution >= 0.6 is 0 Å². The Morgan fingerprint density at radius 3 is 3.00 bits per heavy atom. The lowest BCUT2D eigenvalue weighted by Gasteiger charge is -1.99. The third kappa shape index (κ3) is 1.61. The number of nitrogens with zero attached hydrogens (tertiary/aromatic N) is 5. The molecule has 4 N–H and O–H groups in total. The Balaban J connectivity index is 2.13. The van der Waals surface area contributed by atoms with E-state index in [9.17, 15) is 0 Å². The van der Waals surface area contributed by atoms with Gasteiger partial charge in [0, 0.05) is 30.1 Å². The zero-order valence-electron chi connectivity index (χ0n) is 9.69. The summed E-state index contributed by atoms with van der Waals surface area (Å²) in [6, 6.07) is 1.95. The number of rotatable bonds is 3. The van der Waals surface area contributed by atoms with Crippen molar-refractivity contribution in [1.29, 1.82) is 0 Å². The number of aromatic nitrogens is 5. The van der Waals surface area contributed by atoms with Crippen LogP contribution in [0.4, 0.5) is 5.82 Å². The summed E-state index contributed by atoms with van der Waals surface area (Å²) in [5.74, 6) is 0.455. The SMILES string of the molecule is NCCn1cc(-c2ccn3ncnc(N)c23)cn1. The number of nitrogen functional groups attached to an aromatic ring is 1. The summed E-state index contributed by atoms with van der Waals surface area (Å²) in [6.07, 6.45) is 7.01. The van der Waals surface area contributed by atoms with Crippen LogP contribution in [0.1, 0.15) is 0 Å². The quantitative estimate of drug-likeness (QED) is 0.681. The van der Waals surface area contributed by atoms with E-state index in [1.165, 1.54) is 6.33 Å². The fraction of sp³-hybridized carbons (Fsp3) is 0.182. The summed E-state index contributed by atoms with van der Waals surface area (Å²) >= 11 is 0. The third-order valence-corrected chi connectivity index (χ3v) is 2.78. The van der Waals surface area contributed by atoms with Crippen molar-refractivity contribution in [3.63, 3.8) is 0 Å². The molecule has 0 aliphatic heterocycles. The van der Waals surface area contributed by atoms with Gasteiger partial charge in [-0.25, -0.2) is 9.50 Å². The lowest BCUT2D eigenvalue weighted by atomic mass is 10.1. The molecule has 0 saturated carbocycles. The maximum absolute atomic E-state index is 5.89. The first-order valence-corrected chi connectivity index (χ1v) is 5.60. The van der Waals surface area contributed by atoms with Gasteiger partial charge >= 0.3 is 0 Å². The molecule has 3 rings (SSSR count).